The quantitative estimate of drug-likeness (QED) is 0.640. The van der Waals surface area contributed by atoms with Gasteiger partial charge >= 0.3 is 0 Å². The molecule has 108 valence electrons. The van der Waals surface area contributed by atoms with E-state index in [9.17, 15) is 19.3 Å². The molecule has 0 saturated heterocycles. The molecule has 5 nitrogen and oxygen atoms in total. The van der Waals surface area contributed by atoms with E-state index in [1.54, 1.807) is 0 Å². The van der Waals surface area contributed by atoms with Gasteiger partial charge < -0.3 is 5.32 Å². The minimum absolute atomic E-state index is 0.0334. The summed E-state index contributed by atoms with van der Waals surface area (Å²) in [6.45, 7) is 0. The molecule has 2 aromatic rings. The van der Waals surface area contributed by atoms with Crippen LogP contribution in [0, 0.1) is 15.9 Å². The molecule has 2 rings (SSSR count). The third-order valence-corrected chi connectivity index (χ3v) is 3.59. The molecule has 1 amide bonds. The summed E-state index contributed by atoms with van der Waals surface area (Å²) in [7, 11) is 0. The number of hydrogen-bond donors (Lipinski definition) is 1. The van der Waals surface area contributed by atoms with Gasteiger partial charge in [-0.25, -0.2) is 4.39 Å². The van der Waals surface area contributed by atoms with E-state index in [-0.39, 0.29) is 26.4 Å². The van der Waals surface area contributed by atoms with Crippen molar-refractivity contribution < 1.29 is 14.1 Å². The fraction of sp³-hybridized carbons (Fsp3) is 0. The number of amides is 1. The number of nitro benzene ring substituents is 1. The van der Waals surface area contributed by atoms with Gasteiger partial charge in [-0.3, -0.25) is 14.9 Å². The number of carbonyl (C=O) groups is 1. The smallest absolute Gasteiger partial charge is 0.271 e. The van der Waals surface area contributed by atoms with Gasteiger partial charge in [0.2, 0.25) is 0 Å². The van der Waals surface area contributed by atoms with Gasteiger partial charge in [-0.2, -0.15) is 0 Å². The summed E-state index contributed by atoms with van der Waals surface area (Å²) < 4.78 is 13.9. The van der Waals surface area contributed by atoms with E-state index < -0.39 is 16.6 Å². The Morgan fingerprint density at radius 3 is 2.67 bits per heavy atom. The highest BCUT2D eigenvalue weighted by Crippen LogP contribution is 2.28. The van der Waals surface area contributed by atoms with Crippen molar-refractivity contribution in [2.75, 3.05) is 5.32 Å². The number of carbonyl (C=O) groups excluding carboxylic acids is 1. The number of nitro groups is 1. The average Bonchev–Trinajstić information content (AvgIpc) is 2.40. The summed E-state index contributed by atoms with van der Waals surface area (Å²) in [4.78, 5) is 22.2. The van der Waals surface area contributed by atoms with E-state index in [1.807, 2.05) is 0 Å². The van der Waals surface area contributed by atoms with Gasteiger partial charge in [0.15, 0.2) is 0 Å². The van der Waals surface area contributed by atoms with E-state index >= 15 is 0 Å². The van der Waals surface area contributed by atoms with Crippen molar-refractivity contribution in [2.45, 2.75) is 0 Å². The summed E-state index contributed by atoms with van der Waals surface area (Å²) in [6.07, 6.45) is 0. The molecular formula is C13H7BrClFN2O3. The van der Waals surface area contributed by atoms with Crippen LogP contribution in [0.15, 0.2) is 40.9 Å². The second-order valence-corrected chi connectivity index (χ2v) is 5.23. The van der Waals surface area contributed by atoms with Crippen molar-refractivity contribution in [3.63, 3.8) is 0 Å². The molecular weight excluding hydrogens is 367 g/mol. The van der Waals surface area contributed by atoms with Crippen molar-refractivity contribution in [1.29, 1.82) is 0 Å². The number of benzene rings is 2. The maximum atomic E-state index is 13.7. The fourth-order valence-corrected chi connectivity index (χ4v) is 2.31. The average molecular weight is 374 g/mol. The molecule has 8 heteroatoms. The van der Waals surface area contributed by atoms with Crippen LogP contribution in [0.5, 0.6) is 0 Å². The molecule has 0 aliphatic heterocycles. The third-order valence-electron chi connectivity index (χ3n) is 2.60. The Bertz CT molecular complexity index is 719. The molecule has 1 N–H and O–H groups in total. The number of anilines is 1. The largest absolute Gasteiger partial charge is 0.320 e. The predicted octanol–water partition coefficient (Wildman–Crippen LogP) is 4.40. The number of nitrogens with one attached hydrogen (secondary N) is 1. The SMILES string of the molecule is O=C(Nc1cc([N+](=O)[O-])ccc1Cl)c1c(F)cccc1Br. The van der Waals surface area contributed by atoms with Gasteiger partial charge in [0.05, 0.1) is 21.2 Å². The predicted molar refractivity (Wildman–Crippen MR) is 80.2 cm³/mol. The Labute approximate surface area is 132 Å². The number of nitrogens with zero attached hydrogens (tertiary/aromatic N) is 1. The van der Waals surface area contributed by atoms with Crippen molar-refractivity contribution >= 4 is 44.8 Å². The zero-order valence-electron chi connectivity index (χ0n) is 10.3. The summed E-state index contributed by atoms with van der Waals surface area (Å²) in [5, 5.41) is 13.2. The third kappa shape index (κ3) is 3.37. The van der Waals surface area contributed by atoms with E-state index in [0.29, 0.717) is 0 Å². The first-order valence-corrected chi connectivity index (χ1v) is 6.76. The Balaban J connectivity index is 2.36. The van der Waals surface area contributed by atoms with E-state index in [4.69, 9.17) is 11.6 Å². The lowest BCUT2D eigenvalue weighted by atomic mass is 10.2. The summed E-state index contributed by atoms with van der Waals surface area (Å²) in [6, 6.07) is 7.68. The molecule has 0 spiro atoms. The molecule has 2 aromatic carbocycles. The second kappa shape index (κ2) is 6.19. The number of non-ortho nitro benzene ring substituents is 1. The summed E-state index contributed by atoms with van der Waals surface area (Å²) >= 11 is 8.94. The van der Waals surface area contributed by atoms with Gasteiger partial charge in [-0.05, 0) is 34.1 Å². The lowest BCUT2D eigenvalue weighted by Gasteiger charge is -2.09. The van der Waals surface area contributed by atoms with Crippen molar-refractivity contribution in [3.8, 4) is 0 Å². The molecule has 0 saturated carbocycles. The van der Waals surface area contributed by atoms with Crippen LogP contribution >= 0.6 is 27.5 Å². The van der Waals surface area contributed by atoms with Crippen LogP contribution in [-0.4, -0.2) is 10.8 Å². The van der Waals surface area contributed by atoms with Crippen molar-refractivity contribution in [2.24, 2.45) is 0 Å². The molecule has 21 heavy (non-hydrogen) atoms. The Morgan fingerprint density at radius 1 is 1.33 bits per heavy atom. The Hall–Kier alpha value is -1.99. The molecule has 0 bridgehead atoms. The highest BCUT2D eigenvalue weighted by Gasteiger charge is 2.18. The van der Waals surface area contributed by atoms with Gasteiger partial charge in [-0.1, -0.05) is 17.7 Å². The second-order valence-electron chi connectivity index (χ2n) is 3.97. The van der Waals surface area contributed by atoms with Crippen molar-refractivity contribution in [1.82, 2.24) is 0 Å². The van der Waals surface area contributed by atoms with Crippen LogP contribution in [0.4, 0.5) is 15.8 Å². The van der Waals surface area contributed by atoms with E-state index in [1.165, 1.54) is 24.3 Å². The normalized spacial score (nSPS) is 10.2. The van der Waals surface area contributed by atoms with Crippen molar-refractivity contribution in [3.05, 3.63) is 67.4 Å². The summed E-state index contributed by atoms with van der Waals surface area (Å²) in [5.41, 5.74) is -0.409. The molecule has 0 aliphatic rings. The maximum Gasteiger partial charge on any atom is 0.271 e. The molecule has 0 heterocycles. The van der Waals surface area contributed by atoms with Crippen LogP contribution in [0.2, 0.25) is 5.02 Å². The van der Waals surface area contributed by atoms with Gasteiger partial charge in [0.1, 0.15) is 5.82 Å². The molecule has 0 atom stereocenters. The monoisotopic (exact) mass is 372 g/mol. The first-order valence-electron chi connectivity index (χ1n) is 5.59. The highest BCUT2D eigenvalue weighted by atomic mass is 79.9. The highest BCUT2D eigenvalue weighted by molar-refractivity contribution is 9.10. The first kappa shape index (κ1) is 15.4. The standard InChI is InChI=1S/C13H7BrClFN2O3/c14-8-2-1-3-10(16)12(8)13(19)17-11-6-7(18(20)21)4-5-9(11)15/h1-6H,(H,17,19). The Morgan fingerprint density at radius 2 is 2.05 bits per heavy atom. The zero-order chi connectivity index (χ0) is 15.6. The molecule has 0 radical (unpaired) electrons. The lowest BCUT2D eigenvalue weighted by Crippen LogP contribution is -2.15. The number of halogens is 3. The van der Waals surface area contributed by atoms with E-state index in [2.05, 4.69) is 21.2 Å². The van der Waals surface area contributed by atoms with Gasteiger partial charge in [0, 0.05) is 16.6 Å². The topological polar surface area (TPSA) is 72.2 Å². The first-order chi connectivity index (χ1) is 9.90. The maximum absolute atomic E-state index is 13.7. The molecule has 0 fully saturated rings. The lowest BCUT2D eigenvalue weighted by molar-refractivity contribution is -0.384. The minimum Gasteiger partial charge on any atom is -0.320 e. The van der Waals surface area contributed by atoms with Crippen LogP contribution in [-0.2, 0) is 0 Å². The van der Waals surface area contributed by atoms with Gasteiger partial charge in [0.25, 0.3) is 11.6 Å². The zero-order valence-corrected chi connectivity index (χ0v) is 12.6. The van der Waals surface area contributed by atoms with Gasteiger partial charge in [-0.15, -0.1) is 0 Å². The summed E-state index contributed by atoms with van der Waals surface area (Å²) in [5.74, 6) is -1.48. The van der Waals surface area contributed by atoms with Crippen LogP contribution in [0.1, 0.15) is 10.4 Å². The fourth-order valence-electron chi connectivity index (χ4n) is 1.62. The molecule has 0 aliphatic carbocycles. The minimum atomic E-state index is -0.762. The van der Waals surface area contributed by atoms with Crippen LogP contribution < -0.4 is 5.32 Å². The molecule has 0 aromatic heterocycles. The number of hydrogen-bond acceptors (Lipinski definition) is 3. The van der Waals surface area contributed by atoms with E-state index in [0.717, 1.165) is 12.1 Å². The van der Waals surface area contributed by atoms with Crippen LogP contribution in [0.25, 0.3) is 0 Å². The Kier molecular flexibility index (Phi) is 4.54. The number of rotatable bonds is 3. The molecule has 0 unspecified atom stereocenters. The van der Waals surface area contributed by atoms with Crippen LogP contribution in [0.3, 0.4) is 0 Å².